The second-order valence-electron chi connectivity index (χ2n) is 3.67. The fourth-order valence-electron chi connectivity index (χ4n) is 0.767. The van der Waals surface area contributed by atoms with E-state index in [4.69, 9.17) is 23.1 Å². The molecule has 1 atom stereocenters. The third kappa shape index (κ3) is 2.06. The normalized spacial score (nSPS) is 16.8. The van der Waals surface area contributed by atoms with Gasteiger partial charge in [0.15, 0.2) is 0 Å². The summed E-state index contributed by atoms with van der Waals surface area (Å²) in [6.07, 6.45) is 0. The Hall–Kier alpha value is 0.0749. The molecular formula is C6H14BCl2NO2. The van der Waals surface area contributed by atoms with Gasteiger partial charge < -0.3 is 20.6 Å². The molecule has 6 heteroatoms. The maximum Gasteiger partial charge on any atom is 0.411 e. The molecule has 0 aromatic rings. The molecule has 12 heavy (non-hydrogen) atoms. The lowest BCUT2D eigenvalue weighted by atomic mass is 9.58. The van der Waals surface area contributed by atoms with Crippen LogP contribution in [-0.4, -0.2) is 50.0 Å². The van der Waals surface area contributed by atoms with Crippen molar-refractivity contribution in [3.05, 3.63) is 0 Å². The van der Waals surface area contributed by atoms with Crippen molar-refractivity contribution in [3.8, 4) is 0 Å². The summed E-state index contributed by atoms with van der Waals surface area (Å²) in [7, 11) is 6.74. The standard InChI is InChI=1S/C6H14BCl2NO2/c1-10(2,3)7(9,5-8)6(11)12-4/h5H2,1-4H3. The van der Waals surface area contributed by atoms with Crippen molar-refractivity contribution in [2.75, 3.05) is 34.0 Å². The van der Waals surface area contributed by atoms with E-state index in [0.29, 0.717) is 0 Å². The van der Waals surface area contributed by atoms with Crippen molar-refractivity contribution in [2.24, 2.45) is 0 Å². The van der Waals surface area contributed by atoms with Crippen molar-refractivity contribution >= 4 is 34.6 Å². The fraction of sp³-hybridized carbons (Fsp3) is 0.833. The third-order valence-corrected chi connectivity index (χ3v) is 3.52. The van der Waals surface area contributed by atoms with Crippen LogP contribution in [0.3, 0.4) is 0 Å². The molecule has 0 aliphatic rings. The Balaban J connectivity index is 4.80. The molecule has 0 aliphatic carbocycles. The molecule has 0 amide bonds. The van der Waals surface area contributed by atoms with E-state index in [-0.39, 0.29) is 10.2 Å². The van der Waals surface area contributed by atoms with Crippen molar-refractivity contribution in [1.82, 2.24) is 0 Å². The van der Waals surface area contributed by atoms with Gasteiger partial charge in [0, 0.05) is 21.1 Å². The van der Waals surface area contributed by atoms with Crippen molar-refractivity contribution in [3.63, 3.8) is 0 Å². The van der Waals surface area contributed by atoms with E-state index in [2.05, 4.69) is 4.74 Å². The summed E-state index contributed by atoms with van der Waals surface area (Å²) in [5.74, 6) is -0.364. The number of hydrogen-bond donors (Lipinski definition) is 0. The maximum absolute atomic E-state index is 11.3. The van der Waals surface area contributed by atoms with E-state index < -0.39 is 11.6 Å². The molecule has 0 N–H and O–H groups in total. The van der Waals surface area contributed by atoms with Crippen LogP contribution in [0.1, 0.15) is 0 Å². The highest BCUT2D eigenvalue weighted by molar-refractivity contribution is 7.33. The van der Waals surface area contributed by atoms with Gasteiger partial charge in [-0.2, -0.15) is 11.6 Å². The molecule has 1 unspecified atom stereocenters. The SMILES string of the molecule is COC(=O)[B-](Cl)(CCl)[N+](C)(C)C. The van der Waals surface area contributed by atoms with Crippen LogP contribution in [0.4, 0.5) is 4.79 Å². The van der Waals surface area contributed by atoms with Gasteiger partial charge in [-0.15, -0.1) is 0 Å². The van der Waals surface area contributed by atoms with Crippen LogP contribution in [0.5, 0.6) is 0 Å². The number of halogens is 2. The molecular weight excluding hydrogens is 200 g/mol. The van der Waals surface area contributed by atoms with E-state index in [1.807, 2.05) is 21.1 Å². The lowest BCUT2D eigenvalue weighted by Gasteiger charge is -2.45. The zero-order valence-corrected chi connectivity index (χ0v) is 9.32. The van der Waals surface area contributed by atoms with E-state index in [9.17, 15) is 4.79 Å². The number of carbonyl (C=O) groups is 1. The third-order valence-electron chi connectivity index (χ3n) is 1.99. The zero-order valence-electron chi connectivity index (χ0n) is 7.80. The Morgan fingerprint density at radius 3 is 2.00 bits per heavy atom. The first-order valence-electron chi connectivity index (χ1n) is 3.60. The van der Waals surface area contributed by atoms with Gasteiger partial charge in [0.1, 0.15) is 0 Å². The molecule has 0 spiro atoms. The minimum absolute atomic E-state index is 0.0811. The van der Waals surface area contributed by atoms with Gasteiger partial charge in [0.05, 0.1) is 7.11 Å². The van der Waals surface area contributed by atoms with E-state index in [0.717, 1.165) is 0 Å². The molecule has 0 aliphatic heterocycles. The molecule has 0 aromatic heterocycles. The van der Waals surface area contributed by atoms with Gasteiger partial charge in [-0.1, -0.05) is 0 Å². The number of carbonyl (C=O) groups excluding carboxylic acids is 1. The lowest BCUT2D eigenvalue weighted by molar-refractivity contribution is -0.763. The Morgan fingerprint density at radius 1 is 1.50 bits per heavy atom. The van der Waals surface area contributed by atoms with Gasteiger partial charge in [0.2, 0.25) is 5.87 Å². The topological polar surface area (TPSA) is 26.3 Å². The molecule has 0 saturated carbocycles. The number of ether oxygens (including phenoxy) is 1. The molecule has 0 fully saturated rings. The van der Waals surface area contributed by atoms with Crippen LogP contribution < -0.4 is 0 Å². The number of nitrogens with zero attached hydrogens (tertiary/aromatic N) is 1. The summed E-state index contributed by atoms with van der Waals surface area (Å²) in [5.41, 5.74) is -1.88. The van der Waals surface area contributed by atoms with Crippen LogP contribution in [-0.2, 0) is 4.74 Å². The minimum Gasteiger partial charge on any atom is -0.500 e. The number of quaternary nitrogens is 1. The molecule has 0 aromatic carbocycles. The van der Waals surface area contributed by atoms with Gasteiger partial charge >= 0.3 is 5.70 Å². The minimum atomic E-state index is -1.88. The smallest absolute Gasteiger partial charge is 0.411 e. The average Bonchev–Trinajstić information content (AvgIpc) is 1.99. The van der Waals surface area contributed by atoms with Crippen molar-refractivity contribution in [2.45, 2.75) is 0 Å². The summed E-state index contributed by atoms with van der Waals surface area (Å²) in [4.78, 5) is 11.3. The van der Waals surface area contributed by atoms with Gasteiger partial charge in [-0.3, -0.25) is 4.79 Å². The summed E-state index contributed by atoms with van der Waals surface area (Å²) in [6.45, 7) is 0. The van der Waals surface area contributed by atoms with E-state index >= 15 is 0 Å². The molecule has 0 bridgehead atoms. The van der Waals surface area contributed by atoms with Gasteiger partial charge in [-0.05, 0) is 5.78 Å². The van der Waals surface area contributed by atoms with Crippen LogP contribution in [0, 0.1) is 0 Å². The molecule has 0 saturated heterocycles. The molecule has 0 heterocycles. The predicted molar refractivity (Wildman–Crippen MR) is 52.8 cm³/mol. The number of alkyl halides is 1. The summed E-state index contributed by atoms with van der Waals surface area (Å²) < 4.78 is 4.88. The van der Waals surface area contributed by atoms with Crippen molar-refractivity contribution < 1.29 is 13.9 Å². The fourth-order valence-corrected chi connectivity index (χ4v) is 1.40. The highest BCUT2D eigenvalue weighted by atomic mass is 35.5. The Morgan fingerprint density at radius 2 is 1.92 bits per heavy atom. The maximum atomic E-state index is 11.3. The molecule has 0 radical (unpaired) electrons. The average molecular weight is 214 g/mol. The van der Waals surface area contributed by atoms with Crippen LogP contribution >= 0.6 is 23.1 Å². The number of hydrogen-bond acceptors (Lipinski definition) is 2. The second kappa shape index (κ2) is 3.86. The number of methoxy groups -OCH3 is 1. The van der Waals surface area contributed by atoms with Gasteiger partial charge in [0.25, 0.3) is 0 Å². The van der Waals surface area contributed by atoms with Crippen LogP contribution in [0.15, 0.2) is 0 Å². The summed E-state index contributed by atoms with van der Waals surface area (Å²) in [5, 5.41) is 0. The van der Waals surface area contributed by atoms with Gasteiger partial charge in [-0.25, -0.2) is 0 Å². The zero-order chi connectivity index (χ0) is 9.99. The summed E-state index contributed by atoms with van der Waals surface area (Å²) >= 11 is 11.7. The highest BCUT2D eigenvalue weighted by Crippen LogP contribution is 2.22. The van der Waals surface area contributed by atoms with E-state index in [1.54, 1.807) is 0 Å². The first-order valence-corrected chi connectivity index (χ1v) is 4.57. The predicted octanol–water partition coefficient (Wildman–Crippen LogP) is 1.50. The Kier molecular flexibility index (Phi) is 3.88. The monoisotopic (exact) mass is 213 g/mol. The quantitative estimate of drug-likeness (QED) is 0.525. The Bertz CT molecular complexity index is 183. The lowest BCUT2D eigenvalue weighted by Crippen LogP contribution is -2.65. The molecule has 0 rings (SSSR count). The molecule has 72 valence electrons. The first kappa shape index (κ1) is 12.1. The summed E-state index contributed by atoms with van der Waals surface area (Å²) in [6, 6.07) is 0. The van der Waals surface area contributed by atoms with Crippen LogP contribution in [0.2, 0.25) is 0 Å². The number of rotatable bonds is 3. The van der Waals surface area contributed by atoms with E-state index in [1.165, 1.54) is 7.11 Å². The van der Waals surface area contributed by atoms with Crippen molar-refractivity contribution in [1.29, 1.82) is 0 Å². The molecule has 3 nitrogen and oxygen atoms in total. The Labute approximate surface area is 83.0 Å². The second-order valence-corrected chi connectivity index (χ2v) is 4.70. The first-order chi connectivity index (χ1) is 5.29. The highest BCUT2D eigenvalue weighted by Gasteiger charge is 2.45. The largest absolute Gasteiger partial charge is 0.500 e. The van der Waals surface area contributed by atoms with Crippen LogP contribution in [0.25, 0.3) is 0 Å².